The molecule has 6 N–H and O–H groups in total. The van der Waals surface area contributed by atoms with Crippen molar-refractivity contribution in [3.05, 3.63) is 65.0 Å². The summed E-state index contributed by atoms with van der Waals surface area (Å²) in [5, 5.41) is 13.9. The molecule has 1 aromatic carbocycles. The van der Waals surface area contributed by atoms with E-state index in [-0.39, 0.29) is 5.91 Å². The topological polar surface area (TPSA) is 130 Å². The van der Waals surface area contributed by atoms with Crippen LogP contribution >= 0.6 is 0 Å². The van der Waals surface area contributed by atoms with Crippen molar-refractivity contribution in [2.24, 2.45) is 16.5 Å². The average Bonchev–Trinajstić information content (AvgIpc) is 2.99. The maximum Gasteiger partial charge on any atom is 0.255 e. The summed E-state index contributed by atoms with van der Waals surface area (Å²) < 4.78 is 0. The molecule has 0 fully saturated rings. The lowest BCUT2D eigenvalue weighted by Crippen LogP contribution is -2.38. The number of carbonyl (C=O) groups excluding carboxylic acids is 1. The summed E-state index contributed by atoms with van der Waals surface area (Å²) in [6.45, 7) is 6.22. The second-order valence-corrected chi connectivity index (χ2v) is 8.28. The highest BCUT2D eigenvalue weighted by atomic mass is 16.3. The van der Waals surface area contributed by atoms with Crippen LogP contribution < -0.4 is 16.8 Å². The molecule has 2 aromatic rings. The molecule has 180 valence electrons. The van der Waals surface area contributed by atoms with Gasteiger partial charge in [-0.15, -0.1) is 0 Å². The molecule has 1 unspecified atom stereocenters. The first kappa shape index (κ1) is 25.3. The summed E-state index contributed by atoms with van der Waals surface area (Å²) in [5.41, 5.74) is 15.8. The Hall–Kier alpha value is -3.33. The molecule has 1 atom stereocenters. The number of carbonyl (C=O) groups is 1. The SMILES string of the molecule is CCCN(CCC)C(O)C1=Cc2ccc(C(=O)Nc3cncc(/C=C\CN)c3)cc2N=C(N)C1. The van der Waals surface area contributed by atoms with Gasteiger partial charge in [-0.1, -0.05) is 32.1 Å². The summed E-state index contributed by atoms with van der Waals surface area (Å²) in [6, 6.07) is 7.12. The van der Waals surface area contributed by atoms with Crippen molar-refractivity contribution >= 4 is 35.3 Å². The van der Waals surface area contributed by atoms with Crippen molar-refractivity contribution in [2.45, 2.75) is 39.3 Å². The molecule has 1 aromatic heterocycles. The van der Waals surface area contributed by atoms with Crippen molar-refractivity contribution in [3.63, 3.8) is 0 Å². The predicted octanol–water partition coefficient (Wildman–Crippen LogP) is 3.52. The number of rotatable bonds is 10. The van der Waals surface area contributed by atoms with Crippen LogP contribution in [-0.4, -0.2) is 52.6 Å². The van der Waals surface area contributed by atoms with Crippen LogP contribution in [0.5, 0.6) is 0 Å². The van der Waals surface area contributed by atoms with Crippen LogP contribution in [0.2, 0.25) is 0 Å². The van der Waals surface area contributed by atoms with Crippen LogP contribution in [0, 0.1) is 0 Å². The first-order valence-electron chi connectivity index (χ1n) is 11.7. The number of anilines is 1. The molecule has 0 radical (unpaired) electrons. The molecule has 1 aliphatic rings. The van der Waals surface area contributed by atoms with Gasteiger partial charge in [-0.05, 0) is 48.3 Å². The summed E-state index contributed by atoms with van der Waals surface area (Å²) in [7, 11) is 0. The Morgan fingerprint density at radius 3 is 2.71 bits per heavy atom. The van der Waals surface area contributed by atoms with Gasteiger partial charge in [0, 0.05) is 43.4 Å². The molecule has 0 spiro atoms. The zero-order chi connectivity index (χ0) is 24.5. The normalized spacial score (nSPS) is 14.4. The number of nitrogens with one attached hydrogen (secondary N) is 1. The van der Waals surface area contributed by atoms with Crippen LogP contribution in [0.15, 0.2) is 53.3 Å². The van der Waals surface area contributed by atoms with Gasteiger partial charge in [0.1, 0.15) is 12.1 Å². The molecule has 0 saturated carbocycles. The van der Waals surface area contributed by atoms with E-state index in [4.69, 9.17) is 11.5 Å². The largest absolute Gasteiger partial charge is 0.387 e. The number of hydrogen-bond donors (Lipinski definition) is 4. The molecule has 34 heavy (non-hydrogen) atoms. The highest BCUT2D eigenvalue weighted by Crippen LogP contribution is 2.30. The maximum atomic E-state index is 12.9. The highest BCUT2D eigenvalue weighted by Gasteiger charge is 2.22. The zero-order valence-electron chi connectivity index (χ0n) is 19.9. The van der Waals surface area contributed by atoms with Crippen molar-refractivity contribution < 1.29 is 9.90 Å². The Kier molecular flexibility index (Phi) is 9.09. The number of fused-ring (bicyclic) bond motifs is 1. The van der Waals surface area contributed by atoms with Gasteiger partial charge in [0.25, 0.3) is 5.91 Å². The van der Waals surface area contributed by atoms with Crippen LogP contribution in [0.1, 0.15) is 54.6 Å². The van der Waals surface area contributed by atoms with Gasteiger partial charge in [0.15, 0.2) is 0 Å². The Morgan fingerprint density at radius 2 is 2.00 bits per heavy atom. The fourth-order valence-electron chi connectivity index (χ4n) is 3.91. The van der Waals surface area contributed by atoms with Crippen molar-refractivity contribution in [2.75, 3.05) is 25.0 Å². The van der Waals surface area contributed by atoms with E-state index in [1.165, 1.54) is 0 Å². The van der Waals surface area contributed by atoms with Gasteiger partial charge in [0.2, 0.25) is 0 Å². The lowest BCUT2D eigenvalue weighted by Gasteiger charge is -2.28. The lowest BCUT2D eigenvalue weighted by atomic mass is 10.0. The Balaban J connectivity index is 1.83. The Morgan fingerprint density at radius 1 is 1.24 bits per heavy atom. The Labute approximate surface area is 201 Å². The number of aliphatic hydroxyl groups excluding tert-OH is 1. The van der Waals surface area contributed by atoms with Gasteiger partial charge in [-0.2, -0.15) is 0 Å². The summed E-state index contributed by atoms with van der Waals surface area (Å²) in [6.07, 6.45) is 10.4. The summed E-state index contributed by atoms with van der Waals surface area (Å²) in [4.78, 5) is 23.6. The number of amides is 1. The zero-order valence-corrected chi connectivity index (χ0v) is 19.9. The van der Waals surface area contributed by atoms with E-state index in [2.05, 4.69) is 34.0 Å². The second kappa shape index (κ2) is 12.2. The first-order valence-corrected chi connectivity index (χ1v) is 11.7. The third-order valence-electron chi connectivity index (χ3n) is 5.45. The fraction of sp³-hybridized carbons (Fsp3) is 0.346. The van der Waals surface area contributed by atoms with Gasteiger partial charge in [0.05, 0.1) is 17.6 Å². The molecule has 0 aliphatic carbocycles. The molecule has 1 aliphatic heterocycles. The minimum Gasteiger partial charge on any atom is -0.387 e. The van der Waals surface area contributed by atoms with Gasteiger partial charge >= 0.3 is 0 Å². The Bertz CT molecular complexity index is 1090. The molecule has 0 bridgehead atoms. The van der Waals surface area contributed by atoms with Crippen LogP contribution in [-0.2, 0) is 0 Å². The third kappa shape index (κ3) is 6.60. The van der Waals surface area contributed by atoms with Gasteiger partial charge in [-0.25, -0.2) is 4.99 Å². The average molecular weight is 463 g/mol. The monoisotopic (exact) mass is 462 g/mol. The minimum absolute atomic E-state index is 0.274. The quantitative estimate of drug-likeness (QED) is 0.400. The van der Waals surface area contributed by atoms with E-state index in [1.807, 2.05) is 30.4 Å². The van der Waals surface area contributed by atoms with Gasteiger partial charge < -0.3 is 21.9 Å². The molecule has 8 heteroatoms. The number of aliphatic hydroxyl groups is 1. The van der Waals surface area contributed by atoms with E-state index >= 15 is 0 Å². The molecule has 8 nitrogen and oxygen atoms in total. The number of benzene rings is 1. The number of aliphatic imine (C=N–C) groups is 1. The first-order chi connectivity index (χ1) is 16.4. The number of amidine groups is 1. The maximum absolute atomic E-state index is 12.9. The van der Waals surface area contributed by atoms with E-state index in [0.29, 0.717) is 35.7 Å². The van der Waals surface area contributed by atoms with Crippen LogP contribution in [0.25, 0.3) is 12.2 Å². The van der Waals surface area contributed by atoms with E-state index < -0.39 is 6.23 Å². The second-order valence-electron chi connectivity index (χ2n) is 8.28. The third-order valence-corrected chi connectivity index (χ3v) is 5.45. The fourth-order valence-corrected chi connectivity index (χ4v) is 3.91. The number of hydrogen-bond acceptors (Lipinski definition) is 7. The van der Waals surface area contributed by atoms with Gasteiger partial charge in [-0.3, -0.25) is 14.7 Å². The molecule has 2 heterocycles. The van der Waals surface area contributed by atoms with E-state index in [1.54, 1.807) is 24.5 Å². The van der Waals surface area contributed by atoms with Crippen LogP contribution in [0.4, 0.5) is 11.4 Å². The van der Waals surface area contributed by atoms with Crippen molar-refractivity contribution in [3.8, 4) is 0 Å². The minimum atomic E-state index is -0.726. The lowest BCUT2D eigenvalue weighted by molar-refractivity contribution is 0.0323. The summed E-state index contributed by atoms with van der Waals surface area (Å²) >= 11 is 0. The number of aromatic nitrogens is 1. The van der Waals surface area contributed by atoms with Crippen molar-refractivity contribution in [1.29, 1.82) is 0 Å². The molecule has 3 rings (SSSR count). The molecular formula is C26H34N6O2. The summed E-state index contributed by atoms with van der Waals surface area (Å²) in [5.74, 6) is 0.127. The van der Waals surface area contributed by atoms with E-state index in [0.717, 1.165) is 42.6 Å². The van der Waals surface area contributed by atoms with E-state index in [9.17, 15) is 9.90 Å². The number of nitrogens with two attached hydrogens (primary N) is 2. The van der Waals surface area contributed by atoms with Crippen molar-refractivity contribution in [1.82, 2.24) is 9.88 Å². The number of pyridine rings is 1. The standard InChI is InChI=1S/C26H34N6O2/c1-3-10-32(11-4-2)26(34)21-13-19-7-8-20(14-23(19)31-24(28)15-21)25(33)30-22-12-18(6-5-9-27)16-29-17-22/h5-8,12-14,16-17,26,34H,3-4,9-11,15,27H2,1-2H3,(H2,28,31)(H,30,33)/b6-5-. The smallest absolute Gasteiger partial charge is 0.255 e. The van der Waals surface area contributed by atoms with Crippen LogP contribution in [0.3, 0.4) is 0 Å². The highest BCUT2D eigenvalue weighted by molar-refractivity contribution is 6.05. The predicted molar refractivity (Wildman–Crippen MR) is 139 cm³/mol. The molecule has 0 saturated heterocycles. The molecular weight excluding hydrogens is 428 g/mol. The number of nitrogens with zero attached hydrogens (tertiary/aromatic N) is 3. The molecule has 1 amide bonds.